The summed E-state index contributed by atoms with van der Waals surface area (Å²) >= 11 is 0. The van der Waals surface area contributed by atoms with Gasteiger partial charge in [-0.25, -0.2) is 4.57 Å². The maximum absolute atomic E-state index is 12.8. The van der Waals surface area contributed by atoms with Gasteiger partial charge in [0.15, 0.2) is 6.10 Å². The average Bonchev–Trinajstić information content (AvgIpc) is 3.20. The SMILES string of the molecule is CCCCCCC/C=C/CCCCCCCC(=O)O[C@@H](COC(=O)CCCCCCC/C=C/CCCCCCCC)COP(=O)(O)OC1C(O)C(O)C(O)[C@H](O)C1O. The minimum absolute atomic E-state index is 0.0865. The van der Waals surface area contributed by atoms with E-state index in [-0.39, 0.29) is 12.8 Å². The summed E-state index contributed by atoms with van der Waals surface area (Å²) in [5.74, 6) is -1.12. The van der Waals surface area contributed by atoms with E-state index in [2.05, 4.69) is 38.2 Å². The van der Waals surface area contributed by atoms with E-state index in [0.29, 0.717) is 12.8 Å². The summed E-state index contributed by atoms with van der Waals surface area (Å²) in [6, 6.07) is 0. The number of allylic oxidation sites excluding steroid dienone is 4. The van der Waals surface area contributed by atoms with Gasteiger partial charge in [-0.2, -0.15) is 0 Å². The number of carbonyl (C=O) groups excluding carboxylic acids is 2. The molecule has 1 rings (SSSR count). The van der Waals surface area contributed by atoms with Gasteiger partial charge in [0.05, 0.1) is 6.61 Å². The summed E-state index contributed by atoms with van der Waals surface area (Å²) in [5, 5.41) is 50.1. The van der Waals surface area contributed by atoms with Crippen LogP contribution < -0.4 is 0 Å². The third-order valence-corrected chi connectivity index (χ3v) is 11.5. The Morgan fingerprint density at radius 1 is 0.517 bits per heavy atom. The van der Waals surface area contributed by atoms with Gasteiger partial charge in [-0.1, -0.05) is 134 Å². The molecule has 1 saturated carbocycles. The summed E-state index contributed by atoms with van der Waals surface area (Å²) < 4.78 is 33.5. The first-order valence-corrected chi connectivity index (χ1v) is 24.1. The number of esters is 2. The van der Waals surface area contributed by atoms with E-state index in [9.17, 15) is 44.6 Å². The monoisotopic (exact) mass is 849 g/mol. The van der Waals surface area contributed by atoms with Gasteiger partial charge in [0, 0.05) is 12.8 Å². The number of hydrogen-bond donors (Lipinski definition) is 6. The number of carbonyl (C=O) groups is 2. The van der Waals surface area contributed by atoms with Crippen LogP contribution in [0.5, 0.6) is 0 Å². The molecule has 0 heterocycles. The van der Waals surface area contributed by atoms with Crippen LogP contribution in [0.3, 0.4) is 0 Å². The lowest BCUT2D eigenvalue weighted by Crippen LogP contribution is -2.64. The molecule has 1 fully saturated rings. The molecule has 1 aliphatic rings. The smallest absolute Gasteiger partial charge is 0.462 e. The topological polar surface area (TPSA) is 210 Å². The molecule has 0 radical (unpaired) electrons. The van der Waals surface area contributed by atoms with Crippen molar-refractivity contribution >= 4 is 19.8 Å². The van der Waals surface area contributed by atoms with Crippen LogP contribution in [0.2, 0.25) is 0 Å². The summed E-state index contributed by atoms with van der Waals surface area (Å²) in [6.07, 6.45) is 23.8. The molecule has 6 N–H and O–H groups in total. The molecule has 0 saturated heterocycles. The molecule has 0 aromatic carbocycles. The zero-order valence-corrected chi connectivity index (χ0v) is 36.7. The molecule has 340 valence electrons. The Balaban J connectivity index is 2.48. The van der Waals surface area contributed by atoms with Gasteiger partial charge >= 0.3 is 19.8 Å². The first kappa shape index (κ1) is 54.3. The van der Waals surface area contributed by atoms with Gasteiger partial charge in [-0.15, -0.1) is 0 Å². The number of hydrogen-bond acceptors (Lipinski definition) is 12. The predicted molar refractivity (Wildman–Crippen MR) is 226 cm³/mol. The van der Waals surface area contributed by atoms with Crippen LogP contribution in [0.4, 0.5) is 0 Å². The molecule has 0 spiro atoms. The van der Waals surface area contributed by atoms with Crippen molar-refractivity contribution in [1.82, 2.24) is 0 Å². The highest BCUT2D eigenvalue weighted by molar-refractivity contribution is 7.47. The van der Waals surface area contributed by atoms with Gasteiger partial charge in [0.25, 0.3) is 0 Å². The van der Waals surface area contributed by atoms with Crippen LogP contribution in [0.15, 0.2) is 24.3 Å². The molecular weight excluding hydrogens is 767 g/mol. The number of rotatable bonds is 37. The lowest BCUT2D eigenvalue weighted by atomic mass is 9.85. The fourth-order valence-electron chi connectivity index (χ4n) is 6.81. The minimum Gasteiger partial charge on any atom is -0.462 e. The van der Waals surface area contributed by atoms with E-state index in [0.717, 1.165) is 77.0 Å². The van der Waals surface area contributed by atoms with Crippen LogP contribution >= 0.6 is 7.82 Å². The van der Waals surface area contributed by atoms with Crippen LogP contribution in [-0.2, 0) is 32.7 Å². The number of ether oxygens (including phenoxy) is 2. The molecule has 8 atom stereocenters. The molecule has 13 nitrogen and oxygen atoms in total. The summed E-state index contributed by atoms with van der Waals surface area (Å²) in [5.41, 5.74) is 0. The van der Waals surface area contributed by atoms with Crippen molar-refractivity contribution in [2.45, 2.75) is 230 Å². The molecule has 6 unspecified atom stereocenters. The Morgan fingerprint density at radius 2 is 0.879 bits per heavy atom. The molecule has 0 aromatic rings. The normalized spacial score (nSPS) is 22.7. The highest BCUT2D eigenvalue weighted by Gasteiger charge is 2.51. The lowest BCUT2D eigenvalue weighted by molar-refractivity contribution is -0.220. The summed E-state index contributed by atoms with van der Waals surface area (Å²) in [6.45, 7) is 3.27. The van der Waals surface area contributed by atoms with Crippen LogP contribution in [0, 0.1) is 0 Å². The highest BCUT2D eigenvalue weighted by Crippen LogP contribution is 2.47. The Hall–Kier alpha value is -1.67. The minimum atomic E-state index is -5.12. The van der Waals surface area contributed by atoms with Crippen molar-refractivity contribution in [2.75, 3.05) is 13.2 Å². The van der Waals surface area contributed by atoms with Crippen molar-refractivity contribution in [3.8, 4) is 0 Å². The van der Waals surface area contributed by atoms with Gasteiger partial charge in [-0.3, -0.25) is 18.6 Å². The fraction of sp³-hybridized carbons (Fsp3) is 0.864. The molecule has 0 amide bonds. The van der Waals surface area contributed by atoms with E-state index < -0.39 is 75.7 Å². The maximum atomic E-state index is 12.8. The van der Waals surface area contributed by atoms with Crippen LogP contribution in [0.25, 0.3) is 0 Å². The zero-order valence-electron chi connectivity index (χ0n) is 35.8. The van der Waals surface area contributed by atoms with Crippen molar-refractivity contribution in [3.63, 3.8) is 0 Å². The molecular formula is C44H81O13P. The summed E-state index contributed by atoms with van der Waals surface area (Å²) in [7, 11) is -5.12. The van der Waals surface area contributed by atoms with E-state index >= 15 is 0 Å². The third-order valence-electron chi connectivity index (χ3n) is 10.5. The third kappa shape index (κ3) is 27.2. The maximum Gasteiger partial charge on any atom is 0.472 e. The Bertz CT molecular complexity index is 1120. The Kier molecular flexibility index (Phi) is 32.8. The lowest BCUT2D eigenvalue weighted by Gasteiger charge is -2.41. The predicted octanol–water partition coefficient (Wildman–Crippen LogP) is 8.45. The molecule has 58 heavy (non-hydrogen) atoms. The Labute approximate surface area is 349 Å². The number of phosphoric acid groups is 1. The molecule has 0 bridgehead atoms. The largest absolute Gasteiger partial charge is 0.472 e. The van der Waals surface area contributed by atoms with Gasteiger partial charge in [0.2, 0.25) is 0 Å². The van der Waals surface area contributed by atoms with E-state index in [1.54, 1.807) is 0 Å². The second-order valence-electron chi connectivity index (χ2n) is 15.9. The van der Waals surface area contributed by atoms with Crippen molar-refractivity contribution < 1.29 is 63.1 Å². The molecule has 0 aromatic heterocycles. The van der Waals surface area contributed by atoms with Crippen LogP contribution in [-0.4, -0.2) is 98.3 Å². The quantitative estimate of drug-likeness (QED) is 0.0150. The molecule has 14 heteroatoms. The van der Waals surface area contributed by atoms with E-state index in [1.165, 1.54) is 70.6 Å². The first-order valence-electron chi connectivity index (χ1n) is 22.6. The highest BCUT2D eigenvalue weighted by atomic mass is 31.2. The Morgan fingerprint density at radius 3 is 1.31 bits per heavy atom. The standard InChI is InChI=1S/C44H81O13P/c1-3-5-7-9-11-13-15-17-19-21-22-24-26-28-30-32-37(45)54-34-36(35-55-58(52,53)57-44-42(50)40(48)39(47)41(49)43(44)51)56-38(46)33-31-29-27-25-23-20-18-16-14-12-10-8-6-4-2/h16-19,36,39-44,47-51H,3-15,20-35H2,1-2H3,(H,52,53)/b18-16+,19-17+/t36-,39?,40-,41?,42?,43?,44?/m0/s1. The average molecular weight is 849 g/mol. The van der Waals surface area contributed by atoms with Crippen molar-refractivity contribution in [3.05, 3.63) is 24.3 Å². The van der Waals surface area contributed by atoms with Gasteiger partial charge in [0.1, 0.15) is 43.2 Å². The van der Waals surface area contributed by atoms with E-state index in [4.69, 9.17) is 18.5 Å². The number of phosphoric ester groups is 1. The number of unbranched alkanes of at least 4 members (excludes halogenated alkanes) is 21. The number of aliphatic hydroxyl groups is 5. The first-order chi connectivity index (χ1) is 27.9. The van der Waals surface area contributed by atoms with Gasteiger partial charge < -0.3 is 39.9 Å². The van der Waals surface area contributed by atoms with E-state index in [1.807, 2.05) is 0 Å². The fourth-order valence-corrected chi connectivity index (χ4v) is 7.78. The van der Waals surface area contributed by atoms with Crippen LogP contribution in [0.1, 0.15) is 187 Å². The summed E-state index contributed by atoms with van der Waals surface area (Å²) in [4.78, 5) is 35.6. The second-order valence-corrected chi connectivity index (χ2v) is 17.3. The van der Waals surface area contributed by atoms with Crippen molar-refractivity contribution in [2.24, 2.45) is 0 Å². The number of aliphatic hydroxyl groups excluding tert-OH is 5. The molecule has 1 aliphatic carbocycles. The van der Waals surface area contributed by atoms with Gasteiger partial charge in [-0.05, 0) is 64.2 Å². The second kappa shape index (κ2) is 35.0. The molecule has 0 aliphatic heterocycles. The zero-order chi connectivity index (χ0) is 42.9. The van der Waals surface area contributed by atoms with Crippen molar-refractivity contribution in [1.29, 1.82) is 0 Å².